The van der Waals surface area contributed by atoms with E-state index in [1.165, 1.54) is 32.1 Å². The molecule has 0 aromatic heterocycles. The SMILES string of the molecule is CC1CCCCC1NC(=O)CC(N)C1CC1. The molecule has 2 aliphatic rings. The molecule has 0 bridgehead atoms. The van der Waals surface area contributed by atoms with Crippen LogP contribution in [0.3, 0.4) is 0 Å². The first-order valence-corrected chi connectivity index (χ1v) is 6.71. The first kappa shape index (κ1) is 11.9. The molecular weight excluding hydrogens is 200 g/mol. The first-order chi connectivity index (χ1) is 7.66. The van der Waals surface area contributed by atoms with E-state index in [2.05, 4.69) is 12.2 Å². The van der Waals surface area contributed by atoms with Crippen molar-refractivity contribution in [2.45, 2.75) is 64.0 Å². The summed E-state index contributed by atoms with van der Waals surface area (Å²) in [5, 5.41) is 3.16. The lowest BCUT2D eigenvalue weighted by molar-refractivity contribution is -0.122. The molecule has 3 atom stereocenters. The molecule has 0 radical (unpaired) electrons. The third kappa shape index (κ3) is 3.21. The van der Waals surface area contributed by atoms with Crippen molar-refractivity contribution in [2.24, 2.45) is 17.6 Å². The molecule has 3 heteroatoms. The van der Waals surface area contributed by atoms with Crippen LogP contribution in [0.4, 0.5) is 0 Å². The summed E-state index contributed by atoms with van der Waals surface area (Å²) < 4.78 is 0. The monoisotopic (exact) mass is 224 g/mol. The summed E-state index contributed by atoms with van der Waals surface area (Å²) in [6.07, 6.45) is 7.92. The van der Waals surface area contributed by atoms with Gasteiger partial charge in [0.25, 0.3) is 0 Å². The van der Waals surface area contributed by atoms with Gasteiger partial charge in [-0.2, -0.15) is 0 Å². The van der Waals surface area contributed by atoms with E-state index in [0.29, 0.717) is 24.3 Å². The predicted molar refractivity (Wildman–Crippen MR) is 64.9 cm³/mol. The maximum Gasteiger partial charge on any atom is 0.221 e. The van der Waals surface area contributed by atoms with Crippen molar-refractivity contribution < 1.29 is 4.79 Å². The van der Waals surface area contributed by atoms with Crippen molar-refractivity contribution in [2.75, 3.05) is 0 Å². The summed E-state index contributed by atoms with van der Waals surface area (Å²) in [7, 11) is 0. The largest absolute Gasteiger partial charge is 0.353 e. The van der Waals surface area contributed by atoms with Gasteiger partial charge in [0.05, 0.1) is 0 Å². The summed E-state index contributed by atoms with van der Waals surface area (Å²) >= 11 is 0. The van der Waals surface area contributed by atoms with E-state index < -0.39 is 0 Å². The summed E-state index contributed by atoms with van der Waals surface area (Å²) in [6, 6.07) is 0.492. The normalized spacial score (nSPS) is 32.1. The smallest absolute Gasteiger partial charge is 0.221 e. The Morgan fingerprint density at radius 1 is 1.31 bits per heavy atom. The zero-order valence-electron chi connectivity index (χ0n) is 10.2. The van der Waals surface area contributed by atoms with E-state index in [9.17, 15) is 4.79 Å². The number of rotatable bonds is 4. The number of hydrogen-bond donors (Lipinski definition) is 2. The molecule has 0 aromatic rings. The molecule has 3 N–H and O–H groups in total. The van der Waals surface area contributed by atoms with Gasteiger partial charge in [0, 0.05) is 18.5 Å². The summed E-state index contributed by atoms with van der Waals surface area (Å²) in [4.78, 5) is 11.8. The highest BCUT2D eigenvalue weighted by molar-refractivity contribution is 5.77. The number of hydrogen-bond acceptors (Lipinski definition) is 2. The third-order valence-electron chi connectivity index (χ3n) is 4.11. The van der Waals surface area contributed by atoms with Crippen molar-refractivity contribution in [3.63, 3.8) is 0 Å². The molecule has 1 amide bonds. The fraction of sp³-hybridized carbons (Fsp3) is 0.923. The van der Waals surface area contributed by atoms with E-state index >= 15 is 0 Å². The second-order valence-corrected chi connectivity index (χ2v) is 5.64. The molecule has 16 heavy (non-hydrogen) atoms. The minimum atomic E-state index is 0.0962. The van der Waals surface area contributed by atoms with Crippen molar-refractivity contribution in [3.05, 3.63) is 0 Å². The van der Waals surface area contributed by atoms with Crippen LogP contribution in [0.25, 0.3) is 0 Å². The second kappa shape index (κ2) is 5.17. The Kier molecular flexibility index (Phi) is 3.85. The lowest BCUT2D eigenvalue weighted by Crippen LogP contribution is -2.43. The highest BCUT2D eigenvalue weighted by Gasteiger charge is 2.30. The van der Waals surface area contributed by atoms with Crippen LogP contribution in [0.1, 0.15) is 51.9 Å². The minimum Gasteiger partial charge on any atom is -0.353 e. The Balaban J connectivity index is 1.72. The van der Waals surface area contributed by atoms with E-state index in [1.807, 2.05) is 0 Å². The lowest BCUT2D eigenvalue weighted by atomic mass is 9.86. The predicted octanol–water partition coefficient (Wildman–Crippen LogP) is 1.81. The Hall–Kier alpha value is -0.570. The molecule has 2 saturated carbocycles. The topological polar surface area (TPSA) is 55.1 Å². The van der Waals surface area contributed by atoms with Gasteiger partial charge in [0.1, 0.15) is 0 Å². The molecule has 3 nitrogen and oxygen atoms in total. The van der Waals surface area contributed by atoms with Crippen molar-refractivity contribution >= 4 is 5.91 Å². The van der Waals surface area contributed by atoms with Gasteiger partial charge in [0.15, 0.2) is 0 Å². The van der Waals surface area contributed by atoms with Crippen LogP contribution in [0, 0.1) is 11.8 Å². The number of amides is 1. The first-order valence-electron chi connectivity index (χ1n) is 6.71. The number of nitrogens with two attached hydrogens (primary N) is 1. The summed E-state index contributed by atoms with van der Waals surface area (Å²) in [6.45, 7) is 2.24. The molecule has 0 spiro atoms. The van der Waals surface area contributed by atoms with Gasteiger partial charge >= 0.3 is 0 Å². The highest BCUT2D eigenvalue weighted by Crippen LogP contribution is 2.32. The molecular formula is C13H24N2O. The molecule has 0 heterocycles. The average Bonchev–Trinajstić information content (AvgIpc) is 3.04. The van der Waals surface area contributed by atoms with Crippen LogP contribution in [0.15, 0.2) is 0 Å². The number of carbonyl (C=O) groups excluding carboxylic acids is 1. The summed E-state index contributed by atoms with van der Waals surface area (Å²) in [5.74, 6) is 1.42. The molecule has 2 rings (SSSR count). The second-order valence-electron chi connectivity index (χ2n) is 5.64. The molecule has 0 aromatic carbocycles. The van der Waals surface area contributed by atoms with Crippen LogP contribution in [0.2, 0.25) is 0 Å². The molecule has 92 valence electrons. The number of nitrogens with one attached hydrogen (secondary N) is 1. The summed E-state index contributed by atoms with van der Waals surface area (Å²) in [5.41, 5.74) is 5.96. The third-order valence-corrected chi connectivity index (χ3v) is 4.11. The fourth-order valence-electron chi connectivity index (χ4n) is 2.70. The van der Waals surface area contributed by atoms with Gasteiger partial charge in [0.2, 0.25) is 5.91 Å². The molecule has 0 saturated heterocycles. The van der Waals surface area contributed by atoms with Crippen molar-refractivity contribution in [1.29, 1.82) is 0 Å². The van der Waals surface area contributed by atoms with Crippen LogP contribution in [0.5, 0.6) is 0 Å². The highest BCUT2D eigenvalue weighted by atomic mass is 16.1. The van der Waals surface area contributed by atoms with Gasteiger partial charge < -0.3 is 11.1 Å². The van der Waals surface area contributed by atoms with E-state index in [0.717, 1.165) is 6.42 Å². The van der Waals surface area contributed by atoms with Gasteiger partial charge in [-0.1, -0.05) is 19.8 Å². The molecule has 2 aliphatic carbocycles. The van der Waals surface area contributed by atoms with Gasteiger partial charge in [-0.05, 0) is 37.5 Å². The van der Waals surface area contributed by atoms with E-state index in [4.69, 9.17) is 5.73 Å². The van der Waals surface area contributed by atoms with Crippen LogP contribution in [-0.2, 0) is 4.79 Å². The Labute approximate surface area is 98.2 Å². The van der Waals surface area contributed by atoms with Crippen molar-refractivity contribution in [1.82, 2.24) is 5.32 Å². The Morgan fingerprint density at radius 2 is 2.00 bits per heavy atom. The van der Waals surface area contributed by atoms with Gasteiger partial charge in [-0.3, -0.25) is 4.79 Å². The maximum atomic E-state index is 11.8. The van der Waals surface area contributed by atoms with Gasteiger partial charge in [-0.25, -0.2) is 0 Å². The van der Waals surface area contributed by atoms with Crippen molar-refractivity contribution in [3.8, 4) is 0 Å². The van der Waals surface area contributed by atoms with Crippen LogP contribution in [-0.4, -0.2) is 18.0 Å². The number of carbonyl (C=O) groups is 1. The van der Waals surface area contributed by atoms with Crippen LogP contribution >= 0.6 is 0 Å². The maximum absolute atomic E-state index is 11.8. The fourth-order valence-corrected chi connectivity index (χ4v) is 2.70. The van der Waals surface area contributed by atoms with E-state index in [-0.39, 0.29) is 11.9 Å². The Bertz CT molecular complexity index is 250. The zero-order valence-corrected chi connectivity index (χ0v) is 10.2. The standard InChI is InChI=1S/C13H24N2O/c1-9-4-2-3-5-12(9)15-13(16)8-11(14)10-6-7-10/h9-12H,2-8,14H2,1H3,(H,15,16). The zero-order chi connectivity index (χ0) is 11.5. The lowest BCUT2D eigenvalue weighted by Gasteiger charge is -2.29. The van der Waals surface area contributed by atoms with E-state index in [1.54, 1.807) is 0 Å². The molecule has 2 fully saturated rings. The van der Waals surface area contributed by atoms with Crippen LogP contribution < -0.4 is 11.1 Å². The molecule has 0 aliphatic heterocycles. The minimum absolute atomic E-state index is 0.0962. The average molecular weight is 224 g/mol. The molecule has 3 unspecified atom stereocenters. The van der Waals surface area contributed by atoms with Gasteiger partial charge in [-0.15, -0.1) is 0 Å². The quantitative estimate of drug-likeness (QED) is 0.765. The Morgan fingerprint density at radius 3 is 2.62 bits per heavy atom.